The lowest BCUT2D eigenvalue weighted by Gasteiger charge is -2.40. The number of thioether (sulfide) groups is 1. The van der Waals surface area contributed by atoms with Gasteiger partial charge >= 0.3 is 0 Å². The Bertz CT molecular complexity index is 60.7. The van der Waals surface area contributed by atoms with Crippen LogP contribution in [0.15, 0.2) is 0 Å². The first-order chi connectivity index (χ1) is 3.45. The van der Waals surface area contributed by atoms with Crippen LogP contribution >= 0.6 is 11.8 Å². The number of hydrogen-bond acceptors (Lipinski definition) is 1. The molecule has 0 aromatic heterocycles. The van der Waals surface area contributed by atoms with E-state index in [0.29, 0.717) is 0 Å². The topological polar surface area (TPSA) is 0 Å². The largest absolute Gasteiger partial charge is 0.155 e. The fourth-order valence-electron chi connectivity index (χ4n) is 1.50. The second-order valence-electron chi connectivity index (χ2n) is 2.55. The maximum absolute atomic E-state index is 2.22. The summed E-state index contributed by atoms with van der Waals surface area (Å²) in [5.41, 5.74) is 0. The van der Waals surface area contributed by atoms with Gasteiger partial charge in [-0.15, -0.1) is 0 Å². The molecule has 2 saturated heterocycles. The van der Waals surface area contributed by atoms with E-state index in [-0.39, 0.29) is 0 Å². The van der Waals surface area contributed by atoms with Crippen molar-refractivity contribution < 1.29 is 0 Å². The van der Waals surface area contributed by atoms with Crippen molar-refractivity contribution in [2.75, 3.05) is 0 Å². The van der Waals surface area contributed by atoms with Crippen molar-refractivity contribution in [1.29, 1.82) is 0 Å². The van der Waals surface area contributed by atoms with Crippen LogP contribution in [0.3, 0.4) is 0 Å². The summed E-state index contributed by atoms with van der Waals surface area (Å²) in [6.07, 6.45) is 6.09. The van der Waals surface area contributed by atoms with Crippen LogP contribution < -0.4 is 0 Å². The fraction of sp³-hybridized carbons (Fsp3) is 1.00. The summed E-state index contributed by atoms with van der Waals surface area (Å²) in [4.78, 5) is 0. The Kier molecular flexibility index (Phi) is 0.857. The first-order valence-electron chi connectivity index (χ1n) is 3.10. The van der Waals surface area contributed by atoms with Crippen LogP contribution in [0.1, 0.15) is 25.7 Å². The van der Waals surface area contributed by atoms with Gasteiger partial charge in [-0.05, 0) is 19.3 Å². The smallest absolute Gasteiger partial charge is 0.00603 e. The van der Waals surface area contributed by atoms with E-state index in [1.807, 2.05) is 0 Å². The van der Waals surface area contributed by atoms with E-state index in [9.17, 15) is 0 Å². The van der Waals surface area contributed by atoms with Crippen molar-refractivity contribution in [2.45, 2.75) is 36.2 Å². The minimum absolute atomic E-state index is 1.10. The third-order valence-electron chi connectivity index (χ3n) is 1.96. The SMILES string of the molecule is C1CC2CC(C1)S2. The van der Waals surface area contributed by atoms with E-state index in [1.54, 1.807) is 6.42 Å². The Hall–Kier alpha value is 0.350. The first-order valence-corrected chi connectivity index (χ1v) is 4.05. The number of fused-ring (bicyclic) bond motifs is 2. The monoisotopic (exact) mass is 114 g/mol. The minimum Gasteiger partial charge on any atom is -0.155 e. The summed E-state index contributed by atoms with van der Waals surface area (Å²) >= 11 is 2.22. The van der Waals surface area contributed by atoms with Crippen molar-refractivity contribution in [1.82, 2.24) is 0 Å². The summed E-state index contributed by atoms with van der Waals surface area (Å²) in [5, 5.41) is 2.19. The van der Waals surface area contributed by atoms with Crippen LogP contribution in [-0.2, 0) is 0 Å². The van der Waals surface area contributed by atoms with E-state index in [0.717, 1.165) is 10.5 Å². The molecule has 1 saturated carbocycles. The van der Waals surface area contributed by atoms with Crippen molar-refractivity contribution in [3.05, 3.63) is 0 Å². The molecule has 0 spiro atoms. The zero-order chi connectivity index (χ0) is 4.69. The predicted molar refractivity (Wildman–Crippen MR) is 33.6 cm³/mol. The molecule has 2 unspecified atom stereocenters. The average molecular weight is 114 g/mol. The zero-order valence-electron chi connectivity index (χ0n) is 4.39. The highest BCUT2D eigenvalue weighted by Gasteiger charge is 2.33. The van der Waals surface area contributed by atoms with Crippen LogP contribution in [0.2, 0.25) is 0 Å². The standard InChI is InChI=1S/C6H10S/c1-2-5-4-6(3-1)7-5/h5-6H,1-4H2. The van der Waals surface area contributed by atoms with Gasteiger partial charge in [0.15, 0.2) is 0 Å². The molecule has 3 aliphatic rings. The highest BCUT2D eigenvalue weighted by molar-refractivity contribution is 8.01. The van der Waals surface area contributed by atoms with Crippen LogP contribution in [0.4, 0.5) is 0 Å². The molecule has 2 atom stereocenters. The third kappa shape index (κ3) is 0.584. The molecule has 0 aromatic carbocycles. The molecule has 7 heavy (non-hydrogen) atoms. The van der Waals surface area contributed by atoms with Crippen LogP contribution in [0, 0.1) is 0 Å². The van der Waals surface area contributed by atoms with Gasteiger partial charge in [-0.25, -0.2) is 0 Å². The van der Waals surface area contributed by atoms with E-state index in [1.165, 1.54) is 19.3 Å². The molecule has 3 rings (SSSR count). The van der Waals surface area contributed by atoms with Gasteiger partial charge in [0, 0.05) is 10.5 Å². The highest BCUT2D eigenvalue weighted by atomic mass is 32.2. The Morgan fingerprint density at radius 1 is 1.14 bits per heavy atom. The van der Waals surface area contributed by atoms with Gasteiger partial charge in [0.25, 0.3) is 0 Å². The molecule has 2 bridgehead atoms. The maximum Gasteiger partial charge on any atom is 0.00603 e. The van der Waals surface area contributed by atoms with Crippen LogP contribution in [-0.4, -0.2) is 10.5 Å². The van der Waals surface area contributed by atoms with E-state index in [2.05, 4.69) is 11.8 Å². The number of rotatable bonds is 0. The quantitative estimate of drug-likeness (QED) is 0.464. The van der Waals surface area contributed by atoms with E-state index < -0.39 is 0 Å². The molecule has 2 aliphatic heterocycles. The lowest BCUT2D eigenvalue weighted by atomic mass is 9.98. The summed E-state index contributed by atoms with van der Waals surface area (Å²) in [6.45, 7) is 0. The molecule has 40 valence electrons. The third-order valence-corrected chi connectivity index (χ3v) is 3.59. The minimum atomic E-state index is 1.10. The Morgan fingerprint density at radius 2 is 1.71 bits per heavy atom. The lowest BCUT2D eigenvalue weighted by molar-refractivity contribution is 0.486. The Morgan fingerprint density at radius 3 is 1.86 bits per heavy atom. The van der Waals surface area contributed by atoms with Crippen molar-refractivity contribution in [3.8, 4) is 0 Å². The molecule has 0 N–H and O–H groups in total. The molecule has 0 nitrogen and oxygen atoms in total. The normalized spacial score (nSPS) is 48.0. The molecular weight excluding hydrogens is 104 g/mol. The lowest BCUT2D eigenvalue weighted by Crippen LogP contribution is -2.31. The molecule has 0 amide bonds. The summed E-state index contributed by atoms with van der Waals surface area (Å²) in [5.74, 6) is 0. The van der Waals surface area contributed by atoms with Gasteiger partial charge in [-0.1, -0.05) is 6.42 Å². The molecule has 1 aliphatic carbocycles. The fourth-order valence-corrected chi connectivity index (χ4v) is 2.98. The second kappa shape index (κ2) is 1.41. The Balaban J connectivity index is 1.99. The molecule has 2 heterocycles. The van der Waals surface area contributed by atoms with Crippen LogP contribution in [0.5, 0.6) is 0 Å². The molecule has 3 fully saturated rings. The second-order valence-corrected chi connectivity index (χ2v) is 4.15. The summed E-state index contributed by atoms with van der Waals surface area (Å²) in [6, 6.07) is 0. The van der Waals surface area contributed by atoms with Crippen molar-refractivity contribution >= 4 is 11.8 Å². The van der Waals surface area contributed by atoms with Crippen molar-refractivity contribution in [3.63, 3.8) is 0 Å². The molecular formula is C6H10S. The Labute approximate surface area is 48.7 Å². The predicted octanol–water partition coefficient (Wildman–Crippen LogP) is 2.04. The van der Waals surface area contributed by atoms with Gasteiger partial charge in [-0.2, -0.15) is 11.8 Å². The van der Waals surface area contributed by atoms with Gasteiger partial charge in [-0.3, -0.25) is 0 Å². The van der Waals surface area contributed by atoms with Crippen LogP contribution in [0.25, 0.3) is 0 Å². The summed E-state index contributed by atoms with van der Waals surface area (Å²) in [7, 11) is 0. The zero-order valence-corrected chi connectivity index (χ0v) is 5.21. The van der Waals surface area contributed by atoms with Crippen molar-refractivity contribution in [2.24, 2.45) is 0 Å². The van der Waals surface area contributed by atoms with Gasteiger partial charge < -0.3 is 0 Å². The molecule has 0 aromatic rings. The molecule has 0 radical (unpaired) electrons. The van der Waals surface area contributed by atoms with E-state index >= 15 is 0 Å². The highest BCUT2D eigenvalue weighted by Crippen LogP contribution is 2.46. The average Bonchev–Trinajstić information content (AvgIpc) is 1.67. The summed E-state index contributed by atoms with van der Waals surface area (Å²) < 4.78 is 0. The van der Waals surface area contributed by atoms with Gasteiger partial charge in [0.05, 0.1) is 0 Å². The molecule has 1 heteroatoms. The maximum atomic E-state index is 2.22. The van der Waals surface area contributed by atoms with E-state index in [4.69, 9.17) is 0 Å². The van der Waals surface area contributed by atoms with Gasteiger partial charge in [0.2, 0.25) is 0 Å². The van der Waals surface area contributed by atoms with Gasteiger partial charge in [0.1, 0.15) is 0 Å². The number of hydrogen-bond donors (Lipinski definition) is 0. The first kappa shape index (κ1) is 4.25.